The quantitative estimate of drug-likeness (QED) is 0.877. The van der Waals surface area contributed by atoms with Crippen LogP contribution in [-0.2, 0) is 6.54 Å². The summed E-state index contributed by atoms with van der Waals surface area (Å²) < 4.78 is 0. The molecule has 0 radical (unpaired) electrons. The van der Waals surface area contributed by atoms with Gasteiger partial charge in [0.1, 0.15) is 0 Å². The summed E-state index contributed by atoms with van der Waals surface area (Å²) in [5.74, 6) is 0.545. The van der Waals surface area contributed by atoms with Crippen LogP contribution >= 0.6 is 11.3 Å². The van der Waals surface area contributed by atoms with Crippen molar-refractivity contribution in [2.45, 2.75) is 32.7 Å². The molecule has 0 spiro atoms. The lowest BCUT2D eigenvalue weighted by Crippen LogP contribution is -2.06. The molecule has 2 aromatic rings. The fourth-order valence-electron chi connectivity index (χ4n) is 1.86. The van der Waals surface area contributed by atoms with Crippen molar-refractivity contribution in [1.29, 1.82) is 0 Å². The minimum absolute atomic E-state index is 0.545. The zero-order chi connectivity index (χ0) is 13.0. The molecule has 18 heavy (non-hydrogen) atoms. The molecule has 0 amide bonds. The maximum atomic E-state index is 4.80. The number of nitrogens with zero attached hydrogens (tertiary/aromatic N) is 1. The maximum Gasteiger partial charge on any atom is 0.0963 e. The van der Waals surface area contributed by atoms with E-state index in [2.05, 4.69) is 49.5 Å². The van der Waals surface area contributed by atoms with E-state index in [0.717, 1.165) is 13.0 Å². The highest BCUT2D eigenvalue weighted by Gasteiger charge is 2.15. The van der Waals surface area contributed by atoms with Crippen molar-refractivity contribution in [3.05, 3.63) is 41.0 Å². The summed E-state index contributed by atoms with van der Waals surface area (Å²) in [7, 11) is 1.97. The van der Waals surface area contributed by atoms with Crippen molar-refractivity contribution in [1.82, 2.24) is 10.3 Å². The Labute approximate surface area is 113 Å². The van der Waals surface area contributed by atoms with Gasteiger partial charge in [-0.05, 0) is 19.0 Å². The summed E-state index contributed by atoms with van der Waals surface area (Å²) in [5.41, 5.74) is 2.44. The molecular formula is C15H20N2S. The van der Waals surface area contributed by atoms with Crippen LogP contribution in [0, 0.1) is 0 Å². The first-order valence-electron chi connectivity index (χ1n) is 6.45. The van der Waals surface area contributed by atoms with Gasteiger partial charge in [0.2, 0.25) is 0 Å². The zero-order valence-electron chi connectivity index (χ0n) is 11.2. The molecular weight excluding hydrogens is 240 g/mol. The van der Waals surface area contributed by atoms with E-state index < -0.39 is 0 Å². The molecule has 0 aliphatic rings. The number of rotatable bonds is 5. The Hall–Kier alpha value is -1.19. The summed E-state index contributed by atoms with van der Waals surface area (Å²) in [5, 5.41) is 4.46. The van der Waals surface area contributed by atoms with Crippen LogP contribution in [0.4, 0.5) is 0 Å². The van der Waals surface area contributed by atoms with Gasteiger partial charge in [0.15, 0.2) is 0 Å². The third-order valence-corrected chi connectivity index (χ3v) is 4.51. The smallest absolute Gasteiger partial charge is 0.0963 e. The van der Waals surface area contributed by atoms with Crippen LogP contribution in [0.15, 0.2) is 30.3 Å². The van der Waals surface area contributed by atoms with Crippen molar-refractivity contribution >= 4 is 11.3 Å². The summed E-state index contributed by atoms with van der Waals surface area (Å²) in [6.45, 7) is 5.29. The van der Waals surface area contributed by atoms with E-state index in [4.69, 9.17) is 4.98 Å². The van der Waals surface area contributed by atoms with Crippen LogP contribution in [0.3, 0.4) is 0 Å². The lowest BCUT2D eigenvalue weighted by molar-refractivity contribution is 0.714. The molecule has 0 saturated heterocycles. The van der Waals surface area contributed by atoms with Gasteiger partial charge < -0.3 is 5.32 Å². The lowest BCUT2D eigenvalue weighted by atomic mass is 10.1. The molecule has 1 heterocycles. The van der Waals surface area contributed by atoms with Crippen LogP contribution < -0.4 is 5.32 Å². The molecule has 2 rings (SSSR count). The first-order chi connectivity index (χ1) is 8.76. The van der Waals surface area contributed by atoms with E-state index >= 15 is 0 Å². The van der Waals surface area contributed by atoms with Crippen molar-refractivity contribution in [3.63, 3.8) is 0 Å². The second-order valence-corrected chi connectivity index (χ2v) is 5.56. The average molecular weight is 260 g/mol. The topological polar surface area (TPSA) is 24.9 Å². The van der Waals surface area contributed by atoms with Crippen molar-refractivity contribution in [3.8, 4) is 10.4 Å². The molecule has 0 fully saturated rings. The first kappa shape index (κ1) is 13.2. The molecule has 0 aliphatic carbocycles. The molecule has 1 aromatic heterocycles. The number of thiazole rings is 1. The van der Waals surface area contributed by atoms with Crippen molar-refractivity contribution < 1.29 is 0 Å². The average Bonchev–Trinajstić information content (AvgIpc) is 2.83. The Kier molecular flexibility index (Phi) is 4.50. The molecule has 3 heteroatoms. The largest absolute Gasteiger partial charge is 0.314 e. The molecule has 1 N–H and O–H groups in total. The predicted octanol–water partition coefficient (Wildman–Crippen LogP) is 4.04. The minimum Gasteiger partial charge on any atom is -0.314 e. The van der Waals surface area contributed by atoms with Gasteiger partial charge in [0.25, 0.3) is 0 Å². The van der Waals surface area contributed by atoms with Gasteiger partial charge in [-0.15, -0.1) is 11.3 Å². The summed E-state index contributed by atoms with van der Waals surface area (Å²) in [4.78, 5) is 6.11. The van der Waals surface area contributed by atoms with E-state index in [9.17, 15) is 0 Å². The third-order valence-electron chi connectivity index (χ3n) is 3.13. The maximum absolute atomic E-state index is 4.80. The fourth-order valence-corrected chi connectivity index (χ4v) is 3.08. The molecule has 0 saturated carbocycles. The summed E-state index contributed by atoms with van der Waals surface area (Å²) in [6, 6.07) is 10.5. The van der Waals surface area contributed by atoms with Crippen molar-refractivity contribution in [2.24, 2.45) is 0 Å². The standard InChI is InChI=1S/C15H20N2S/c1-4-11(2)15-17-13(10-16-3)14(18-15)12-8-6-5-7-9-12/h5-9,11,16H,4,10H2,1-3H3. The fraction of sp³-hybridized carbons (Fsp3) is 0.400. The zero-order valence-corrected chi connectivity index (χ0v) is 12.1. The monoisotopic (exact) mass is 260 g/mol. The van der Waals surface area contributed by atoms with Gasteiger partial charge in [-0.3, -0.25) is 0 Å². The molecule has 1 unspecified atom stereocenters. The predicted molar refractivity (Wildman–Crippen MR) is 79.0 cm³/mol. The molecule has 0 bridgehead atoms. The van der Waals surface area contributed by atoms with E-state index in [-0.39, 0.29) is 0 Å². The van der Waals surface area contributed by atoms with Gasteiger partial charge in [0, 0.05) is 12.5 Å². The van der Waals surface area contributed by atoms with Gasteiger partial charge in [0.05, 0.1) is 15.6 Å². The van der Waals surface area contributed by atoms with E-state index in [1.165, 1.54) is 21.1 Å². The number of hydrogen-bond acceptors (Lipinski definition) is 3. The minimum atomic E-state index is 0.545. The van der Waals surface area contributed by atoms with Gasteiger partial charge in [-0.25, -0.2) is 4.98 Å². The molecule has 0 aliphatic heterocycles. The number of nitrogens with one attached hydrogen (secondary N) is 1. The summed E-state index contributed by atoms with van der Waals surface area (Å²) >= 11 is 1.83. The highest BCUT2D eigenvalue weighted by atomic mass is 32.1. The molecule has 1 atom stereocenters. The van der Waals surface area contributed by atoms with Gasteiger partial charge in [-0.2, -0.15) is 0 Å². The van der Waals surface area contributed by atoms with E-state index in [1.54, 1.807) is 0 Å². The Balaban J connectivity index is 2.41. The Morgan fingerprint density at radius 1 is 1.28 bits per heavy atom. The number of aromatic nitrogens is 1. The number of benzene rings is 1. The normalized spacial score (nSPS) is 12.6. The second kappa shape index (κ2) is 6.12. The molecule has 1 aromatic carbocycles. The van der Waals surface area contributed by atoms with Gasteiger partial charge in [-0.1, -0.05) is 44.2 Å². The van der Waals surface area contributed by atoms with Crippen molar-refractivity contribution in [2.75, 3.05) is 7.05 Å². The van der Waals surface area contributed by atoms with Crippen LogP contribution in [0.2, 0.25) is 0 Å². The molecule has 2 nitrogen and oxygen atoms in total. The van der Waals surface area contributed by atoms with E-state index in [1.807, 2.05) is 18.4 Å². The highest BCUT2D eigenvalue weighted by Crippen LogP contribution is 2.34. The molecule has 96 valence electrons. The highest BCUT2D eigenvalue weighted by molar-refractivity contribution is 7.15. The van der Waals surface area contributed by atoms with Crippen LogP contribution in [0.5, 0.6) is 0 Å². The van der Waals surface area contributed by atoms with E-state index in [0.29, 0.717) is 5.92 Å². The Morgan fingerprint density at radius 3 is 2.61 bits per heavy atom. The third kappa shape index (κ3) is 2.79. The van der Waals surface area contributed by atoms with Crippen LogP contribution in [-0.4, -0.2) is 12.0 Å². The Bertz CT molecular complexity index is 490. The first-order valence-corrected chi connectivity index (χ1v) is 7.27. The van der Waals surface area contributed by atoms with Crippen LogP contribution in [0.25, 0.3) is 10.4 Å². The second-order valence-electron chi connectivity index (χ2n) is 4.53. The summed E-state index contributed by atoms with van der Waals surface area (Å²) in [6.07, 6.45) is 1.14. The lowest BCUT2D eigenvalue weighted by Gasteiger charge is -2.01. The Morgan fingerprint density at radius 2 is 2.00 bits per heavy atom. The SMILES string of the molecule is CCC(C)c1nc(CNC)c(-c2ccccc2)s1. The van der Waals surface area contributed by atoms with Crippen LogP contribution in [0.1, 0.15) is 36.9 Å². The number of hydrogen-bond donors (Lipinski definition) is 1. The van der Waals surface area contributed by atoms with Gasteiger partial charge >= 0.3 is 0 Å².